The third-order valence-corrected chi connectivity index (χ3v) is 3.50. The molecule has 2 aromatic rings. The van der Waals surface area contributed by atoms with E-state index in [1.807, 2.05) is 36.6 Å². The molecule has 1 aromatic heterocycles. The SMILES string of the molecule is CCCCOc1ccc(C=NNc2nc(C)cs2)cc1. The summed E-state index contributed by atoms with van der Waals surface area (Å²) >= 11 is 1.54. The molecule has 0 aliphatic rings. The van der Waals surface area contributed by atoms with Crippen molar-refractivity contribution in [2.75, 3.05) is 12.0 Å². The van der Waals surface area contributed by atoms with Gasteiger partial charge in [0, 0.05) is 5.38 Å². The first-order valence-corrected chi connectivity index (χ1v) is 7.60. The van der Waals surface area contributed by atoms with E-state index in [1.54, 1.807) is 17.6 Å². The Balaban J connectivity index is 1.83. The van der Waals surface area contributed by atoms with Gasteiger partial charge in [-0.2, -0.15) is 5.10 Å². The van der Waals surface area contributed by atoms with Crippen LogP contribution in [0.15, 0.2) is 34.7 Å². The molecule has 0 fully saturated rings. The van der Waals surface area contributed by atoms with Gasteiger partial charge >= 0.3 is 0 Å². The van der Waals surface area contributed by atoms with Gasteiger partial charge in [0.1, 0.15) is 5.75 Å². The van der Waals surface area contributed by atoms with Crippen LogP contribution >= 0.6 is 11.3 Å². The molecule has 0 aliphatic heterocycles. The maximum absolute atomic E-state index is 5.61. The van der Waals surface area contributed by atoms with Crippen LogP contribution in [0.2, 0.25) is 0 Å². The van der Waals surface area contributed by atoms with Gasteiger partial charge in [0.2, 0.25) is 5.13 Å². The molecular formula is C15H19N3OS. The van der Waals surface area contributed by atoms with Crippen molar-refractivity contribution >= 4 is 22.7 Å². The van der Waals surface area contributed by atoms with Gasteiger partial charge in [-0.1, -0.05) is 13.3 Å². The number of nitrogens with one attached hydrogen (secondary N) is 1. The zero-order chi connectivity index (χ0) is 14.2. The highest BCUT2D eigenvalue weighted by molar-refractivity contribution is 7.13. The molecule has 1 heterocycles. The van der Waals surface area contributed by atoms with Gasteiger partial charge in [-0.05, 0) is 43.2 Å². The van der Waals surface area contributed by atoms with Gasteiger partial charge < -0.3 is 4.74 Å². The molecule has 0 bridgehead atoms. The minimum absolute atomic E-state index is 0.773. The second-order valence-electron chi connectivity index (χ2n) is 4.44. The predicted molar refractivity (Wildman–Crippen MR) is 84.9 cm³/mol. The van der Waals surface area contributed by atoms with Crippen LogP contribution in [0.1, 0.15) is 31.0 Å². The number of hydrazone groups is 1. The number of hydrogen-bond donors (Lipinski definition) is 1. The summed E-state index contributed by atoms with van der Waals surface area (Å²) < 4.78 is 5.61. The zero-order valence-corrected chi connectivity index (χ0v) is 12.6. The molecule has 0 saturated heterocycles. The maximum Gasteiger partial charge on any atom is 0.203 e. The molecule has 1 N–H and O–H groups in total. The van der Waals surface area contributed by atoms with Gasteiger partial charge in [0.25, 0.3) is 0 Å². The Kier molecular flexibility index (Phi) is 5.55. The highest BCUT2D eigenvalue weighted by Crippen LogP contribution is 2.14. The molecule has 5 heteroatoms. The fourth-order valence-corrected chi connectivity index (χ4v) is 2.19. The summed E-state index contributed by atoms with van der Waals surface area (Å²) in [4.78, 5) is 4.27. The van der Waals surface area contributed by atoms with Crippen LogP contribution in [-0.2, 0) is 0 Å². The van der Waals surface area contributed by atoms with Crippen LogP contribution in [0, 0.1) is 6.92 Å². The van der Waals surface area contributed by atoms with Gasteiger partial charge in [0.05, 0.1) is 18.5 Å². The molecule has 1 aromatic carbocycles. The number of nitrogens with zero attached hydrogens (tertiary/aromatic N) is 2. The summed E-state index contributed by atoms with van der Waals surface area (Å²) in [5.74, 6) is 0.902. The second kappa shape index (κ2) is 7.65. The van der Waals surface area contributed by atoms with E-state index in [1.165, 1.54) is 0 Å². The Morgan fingerprint density at radius 3 is 2.80 bits per heavy atom. The number of anilines is 1. The summed E-state index contributed by atoms with van der Waals surface area (Å²) in [7, 11) is 0. The number of aryl methyl sites for hydroxylation is 1. The lowest BCUT2D eigenvalue weighted by Crippen LogP contribution is -1.96. The Labute approximate surface area is 123 Å². The van der Waals surface area contributed by atoms with E-state index in [0.717, 1.165) is 41.6 Å². The van der Waals surface area contributed by atoms with E-state index in [9.17, 15) is 0 Å². The average molecular weight is 289 g/mol. The van der Waals surface area contributed by atoms with Crippen LogP contribution in [0.25, 0.3) is 0 Å². The monoisotopic (exact) mass is 289 g/mol. The quantitative estimate of drug-likeness (QED) is 0.474. The Morgan fingerprint density at radius 2 is 2.15 bits per heavy atom. The molecule has 20 heavy (non-hydrogen) atoms. The molecule has 0 spiro atoms. The number of benzene rings is 1. The fraction of sp³-hybridized carbons (Fsp3) is 0.333. The van der Waals surface area contributed by atoms with Crippen molar-refractivity contribution in [3.05, 3.63) is 40.9 Å². The van der Waals surface area contributed by atoms with Crippen LogP contribution in [0.4, 0.5) is 5.13 Å². The van der Waals surface area contributed by atoms with Gasteiger partial charge in [0.15, 0.2) is 0 Å². The van der Waals surface area contributed by atoms with Crippen molar-refractivity contribution in [3.63, 3.8) is 0 Å². The van der Waals surface area contributed by atoms with E-state index in [2.05, 4.69) is 22.4 Å². The molecular weight excluding hydrogens is 270 g/mol. The number of aromatic nitrogens is 1. The standard InChI is InChI=1S/C15H19N3OS/c1-3-4-9-19-14-7-5-13(6-8-14)10-16-18-15-17-12(2)11-20-15/h5-8,10-11H,3-4,9H2,1-2H3,(H,17,18). The number of hydrogen-bond acceptors (Lipinski definition) is 5. The third kappa shape index (κ3) is 4.66. The third-order valence-electron chi connectivity index (χ3n) is 2.64. The Bertz CT molecular complexity index is 549. The number of unbranched alkanes of at least 4 members (excludes halogenated alkanes) is 1. The Morgan fingerprint density at radius 1 is 1.35 bits per heavy atom. The first-order chi connectivity index (χ1) is 9.78. The summed E-state index contributed by atoms with van der Waals surface area (Å²) in [6, 6.07) is 7.90. The number of rotatable bonds is 7. The van der Waals surface area contributed by atoms with Crippen LogP contribution in [0.3, 0.4) is 0 Å². The van der Waals surface area contributed by atoms with Crippen molar-refractivity contribution in [2.45, 2.75) is 26.7 Å². The van der Waals surface area contributed by atoms with Gasteiger partial charge in [-0.15, -0.1) is 11.3 Å². The molecule has 2 rings (SSSR count). The summed E-state index contributed by atoms with van der Waals surface area (Å²) in [6.45, 7) is 4.89. The normalized spacial score (nSPS) is 10.9. The topological polar surface area (TPSA) is 46.5 Å². The van der Waals surface area contributed by atoms with Gasteiger partial charge in [-0.3, -0.25) is 5.43 Å². The smallest absolute Gasteiger partial charge is 0.203 e. The number of ether oxygens (including phenoxy) is 1. The molecule has 0 saturated carbocycles. The highest BCUT2D eigenvalue weighted by Gasteiger charge is 1.96. The van der Waals surface area contributed by atoms with E-state index in [-0.39, 0.29) is 0 Å². The van der Waals surface area contributed by atoms with E-state index >= 15 is 0 Å². The summed E-state index contributed by atoms with van der Waals surface area (Å²) in [5.41, 5.74) is 4.94. The summed E-state index contributed by atoms with van der Waals surface area (Å²) in [6.07, 6.45) is 4.00. The highest BCUT2D eigenvalue weighted by atomic mass is 32.1. The second-order valence-corrected chi connectivity index (χ2v) is 5.29. The molecule has 0 unspecified atom stereocenters. The number of thiazole rings is 1. The lowest BCUT2D eigenvalue weighted by molar-refractivity contribution is 0.309. The van der Waals surface area contributed by atoms with Crippen LogP contribution in [0.5, 0.6) is 5.75 Å². The van der Waals surface area contributed by atoms with E-state index in [0.29, 0.717) is 0 Å². The predicted octanol–water partition coefficient (Wildman–Crippen LogP) is 4.08. The minimum atomic E-state index is 0.773. The van der Waals surface area contributed by atoms with Crippen molar-refractivity contribution < 1.29 is 4.74 Å². The maximum atomic E-state index is 5.61. The summed E-state index contributed by atoms with van der Waals surface area (Å²) in [5, 5.41) is 6.95. The zero-order valence-electron chi connectivity index (χ0n) is 11.8. The molecule has 0 amide bonds. The molecule has 0 radical (unpaired) electrons. The molecule has 4 nitrogen and oxygen atoms in total. The lowest BCUT2D eigenvalue weighted by Gasteiger charge is -2.04. The first-order valence-electron chi connectivity index (χ1n) is 6.72. The van der Waals surface area contributed by atoms with Crippen LogP contribution < -0.4 is 10.2 Å². The minimum Gasteiger partial charge on any atom is -0.494 e. The van der Waals surface area contributed by atoms with Crippen molar-refractivity contribution in [2.24, 2.45) is 5.10 Å². The van der Waals surface area contributed by atoms with Crippen LogP contribution in [-0.4, -0.2) is 17.8 Å². The van der Waals surface area contributed by atoms with Gasteiger partial charge in [-0.25, -0.2) is 4.98 Å². The molecule has 106 valence electrons. The Hall–Kier alpha value is -1.88. The first kappa shape index (κ1) is 14.5. The largest absolute Gasteiger partial charge is 0.494 e. The average Bonchev–Trinajstić information content (AvgIpc) is 2.87. The lowest BCUT2D eigenvalue weighted by atomic mass is 10.2. The molecule has 0 atom stereocenters. The van der Waals surface area contributed by atoms with E-state index in [4.69, 9.17) is 4.74 Å². The molecule has 0 aliphatic carbocycles. The van der Waals surface area contributed by atoms with Crippen molar-refractivity contribution in [3.8, 4) is 5.75 Å². The van der Waals surface area contributed by atoms with Crippen molar-refractivity contribution in [1.82, 2.24) is 4.98 Å². The van der Waals surface area contributed by atoms with Crippen molar-refractivity contribution in [1.29, 1.82) is 0 Å². The fourth-order valence-electron chi connectivity index (χ4n) is 1.55. The van der Waals surface area contributed by atoms with E-state index < -0.39 is 0 Å².